The second kappa shape index (κ2) is 3.78. The summed E-state index contributed by atoms with van der Waals surface area (Å²) in [7, 11) is 0. The third kappa shape index (κ3) is 4.17. The van der Waals surface area contributed by atoms with Gasteiger partial charge in [-0.05, 0) is 20.8 Å². The maximum Gasteiger partial charge on any atom is 0.233 e. The van der Waals surface area contributed by atoms with Crippen molar-refractivity contribution in [3.63, 3.8) is 0 Å². The third-order valence-electron chi connectivity index (χ3n) is 1.19. The zero-order valence-electron chi connectivity index (χ0n) is 7.06. The minimum atomic E-state index is -0.405. The summed E-state index contributed by atoms with van der Waals surface area (Å²) in [5, 5.41) is 8.22. The maximum atomic E-state index is 10.7. The van der Waals surface area contributed by atoms with Crippen molar-refractivity contribution >= 4 is 5.78 Å². The largest absolute Gasteiger partial charge is 0.283 e. The smallest absolute Gasteiger partial charge is 0.233 e. The quantitative estimate of drug-likeness (QED) is 0.441. The van der Waals surface area contributed by atoms with Crippen LogP contribution in [0.1, 0.15) is 27.2 Å². The number of hydrogen-bond acceptors (Lipinski definition) is 2. The molecule has 0 atom stereocenters. The van der Waals surface area contributed by atoms with Crippen LogP contribution in [0.2, 0.25) is 0 Å². The van der Waals surface area contributed by atoms with E-state index in [1.807, 2.05) is 13.8 Å². The fourth-order valence-electron chi connectivity index (χ4n) is 0.824. The van der Waals surface area contributed by atoms with Crippen LogP contribution in [-0.2, 0) is 4.79 Å². The molecule has 0 N–H and O–H groups in total. The van der Waals surface area contributed by atoms with E-state index in [0.29, 0.717) is 0 Å². The van der Waals surface area contributed by atoms with Crippen molar-refractivity contribution in [3.05, 3.63) is 0 Å². The molecule has 2 heteroatoms. The zero-order chi connectivity index (χ0) is 8.91. The number of nitrogens with zero attached hydrogens (tertiary/aromatic N) is 1. The molecule has 11 heavy (non-hydrogen) atoms. The van der Waals surface area contributed by atoms with Crippen LogP contribution in [0.25, 0.3) is 0 Å². The van der Waals surface area contributed by atoms with Crippen LogP contribution in [0.5, 0.6) is 0 Å². The molecule has 0 saturated carbocycles. The van der Waals surface area contributed by atoms with Crippen molar-refractivity contribution in [2.75, 3.05) is 0 Å². The Kier molecular flexibility index (Phi) is 3.34. The molecule has 0 aliphatic carbocycles. The minimum absolute atomic E-state index is 0.213. The Morgan fingerprint density at radius 2 is 2.09 bits per heavy atom. The first-order valence-electron chi connectivity index (χ1n) is 3.38. The number of ketones is 1. The lowest BCUT2D eigenvalue weighted by atomic mass is 9.88. The summed E-state index contributed by atoms with van der Waals surface area (Å²) in [6.07, 6.45) is 0.213. The Morgan fingerprint density at radius 3 is 2.45 bits per heavy atom. The first kappa shape index (κ1) is 9.72. The predicted molar refractivity (Wildman–Crippen MR) is 42.5 cm³/mol. The van der Waals surface area contributed by atoms with Gasteiger partial charge in [0.05, 0.1) is 0 Å². The molecular weight excluding hydrogens is 138 g/mol. The summed E-state index contributed by atoms with van der Waals surface area (Å²) in [4.78, 5) is 10.7. The third-order valence-corrected chi connectivity index (χ3v) is 1.19. The van der Waals surface area contributed by atoms with Crippen molar-refractivity contribution in [3.8, 4) is 17.9 Å². The molecule has 0 saturated heterocycles. The summed E-state index contributed by atoms with van der Waals surface area (Å²) in [5.74, 6) is 5.19. The number of hydrogen-bond donors (Lipinski definition) is 0. The summed E-state index contributed by atoms with van der Waals surface area (Å²) < 4.78 is 0. The Hall–Kier alpha value is -1.28. The highest BCUT2D eigenvalue weighted by Gasteiger charge is 2.18. The van der Waals surface area contributed by atoms with Gasteiger partial charge >= 0.3 is 0 Å². The fourth-order valence-corrected chi connectivity index (χ4v) is 0.824. The van der Waals surface area contributed by atoms with E-state index in [-0.39, 0.29) is 11.8 Å². The van der Waals surface area contributed by atoms with Gasteiger partial charge in [0.1, 0.15) is 6.07 Å². The Labute approximate surface area is 67.2 Å². The molecule has 0 spiro atoms. The van der Waals surface area contributed by atoms with E-state index >= 15 is 0 Å². The van der Waals surface area contributed by atoms with Crippen molar-refractivity contribution in [1.29, 1.82) is 5.26 Å². The topological polar surface area (TPSA) is 40.9 Å². The molecule has 0 unspecified atom stereocenters. The molecule has 0 aromatic carbocycles. The van der Waals surface area contributed by atoms with Crippen molar-refractivity contribution in [2.45, 2.75) is 27.2 Å². The van der Waals surface area contributed by atoms with E-state index in [4.69, 9.17) is 5.26 Å². The van der Waals surface area contributed by atoms with Crippen LogP contribution < -0.4 is 0 Å². The lowest BCUT2D eigenvalue weighted by Gasteiger charge is -2.13. The van der Waals surface area contributed by atoms with Gasteiger partial charge in [-0.1, -0.05) is 5.92 Å². The zero-order valence-corrected chi connectivity index (χ0v) is 7.06. The van der Waals surface area contributed by atoms with Crippen molar-refractivity contribution < 1.29 is 4.79 Å². The van der Waals surface area contributed by atoms with Crippen molar-refractivity contribution in [2.24, 2.45) is 5.41 Å². The van der Waals surface area contributed by atoms with Crippen LogP contribution in [0, 0.1) is 28.6 Å². The molecule has 0 aliphatic heterocycles. The average molecular weight is 149 g/mol. The van der Waals surface area contributed by atoms with Crippen LogP contribution in [0.3, 0.4) is 0 Å². The maximum absolute atomic E-state index is 10.7. The molecule has 0 amide bonds. The normalized spacial score (nSPS) is 9.27. The highest BCUT2D eigenvalue weighted by atomic mass is 16.1. The number of Topliss-reactive ketones (excluding diaryl/α,β-unsaturated/α-hetero) is 1. The van der Waals surface area contributed by atoms with Gasteiger partial charge in [0, 0.05) is 11.8 Å². The van der Waals surface area contributed by atoms with E-state index in [1.54, 1.807) is 13.0 Å². The average Bonchev–Trinajstić information content (AvgIpc) is 1.86. The monoisotopic (exact) mass is 149 g/mol. The summed E-state index contributed by atoms with van der Waals surface area (Å²) in [6, 6.07) is 1.57. The van der Waals surface area contributed by atoms with E-state index in [0.717, 1.165) is 0 Å². The molecule has 0 heterocycles. The SMILES string of the molecule is CC#CC(C)(C)CC(=O)C#N. The van der Waals surface area contributed by atoms with E-state index in [1.165, 1.54) is 0 Å². The first-order valence-corrected chi connectivity index (χ1v) is 3.38. The second-order valence-electron chi connectivity index (χ2n) is 2.97. The molecule has 2 nitrogen and oxygen atoms in total. The van der Waals surface area contributed by atoms with Crippen LogP contribution in [0.15, 0.2) is 0 Å². The molecule has 0 aromatic heterocycles. The Balaban J connectivity index is 4.23. The molecule has 0 aliphatic rings. The Morgan fingerprint density at radius 1 is 1.55 bits per heavy atom. The minimum Gasteiger partial charge on any atom is -0.283 e. The summed E-state index contributed by atoms with van der Waals surface area (Å²) in [5.41, 5.74) is -0.360. The van der Waals surface area contributed by atoms with Crippen LogP contribution in [0.4, 0.5) is 0 Å². The van der Waals surface area contributed by atoms with Gasteiger partial charge < -0.3 is 0 Å². The fraction of sp³-hybridized carbons (Fsp3) is 0.556. The second-order valence-corrected chi connectivity index (χ2v) is 2.97. The number of carbonyl (C=O) groups is 1. The Bertz CT molecular complexity index is 247. The lowest BCUT2D eigenvalue weighted by Crippen LogP contribution is -2.13. The lowest BCUT2D eigenvalue weighted by molar-refractivity contribution is -0.115. The van der Waals surface area contributed by atoms with Gasteiger partial charge in [0.2, 0.25) is 5.78 Å². The number of nitriles is 1. The highest BCUT2D eigenvalue weighted by Crippen LogP contribution is 2.18. The summed E-state index contributed by atoms with van der Waals surface area (Å²) >= 11 is 0. The van der Waals surface area contributed by atoms with E-state index < -0.39 is 5.78 Å². The molecular formula is C9H11NO. The molecule has 0 rings (SSSR count). The van der Waals surface area contributed by atoms with Crippen LogP contribution >= 0.6 is 0 Å². The molecule has 0 aromatic rings. The van der Waals surface area contributed by atoms with Gasteiger partial charge in [-0.25, -0.2) is 0 Å². The molecule has 0 fully saturated rings. The number of rotatable bonds is 2. The standard InChI is InChI=1S/C9H11NO/c1-4-5-9(2,3)6-8(11)7-10/h6H2,1-3H3. The van der Waals surface area contributed by atoms with E-state index in [2.05, 4.69) is 11.8 Å². The highest BCUT2D eigenvalue weighted by molar-refractivity contribution is 5.93. The first-order chi connectivity index (χ1) is 5.02. The molecule has 58 valence electrons. The van der Waals surface area contributed by atoms with Crippen LogP contribution in [-0.4, -0.2) is 5.78 Å². The van der Waals surface area contributed by atoms with Crippen molar-refractivity contribution in [1.82, 2.24) is 0 Å². The van der Waals surface area contributed by atoms with E-state index in [9.17, 15) is 4.79 Å². The van der Waals surface area contributed by atoms with Gasteiger partial charge in [-0.3, -0.25) is 4.79 Å². The summed E-state index contributed by atoms with van der Waals surface area (Å²) in [6.45, 7) is 5.41. The predicted octanol–water partition coefficient (Wildman–Crippen LogP) is 1.52. The van der Waals surface area contributed by atoms with Gasteiger partial charge in [-0.2, -0.15) is 5.26 Å². The molecule has 0 bridgehead atoms. The number of carbonyl (C=O) groups excluding carboxylic acids is 1. The molecule has 0 radical (unpaired) electrons. The van der Waals surface area contributed by atoms with Gasteiger partial charge in [0.25, 0.3) is 0 Å². The van der Waals surface area contributed by atoms with Gasteiger partial charge in [0.15, 0.2) is 0 Å². The van der Waals surface area contributed by atoms with Gasteiger partial charge in [-0.15, -0.1) is 5.92 Å².